The van der Waals surface area contributed by atoms with Gasteiger partial charge in [0.2, 0.25) is 0 Å². The molecule has 0 fully saturated rings. The highest BCUT2D eigenvalue weighted by Gasteiger charge is 2.08. The molecule has 0 bridgehead atoms. The lowest BCUT2D eigenvalue weighted by Gasteiger charge is -2.01. The Morgan fingerprint density at radius 1 is 1.50 bits per heavy atom. The Morgan fingerprint density at radius 3 is 2.79 bits per heavy atom. The number of thiophene rings is 1. The molecule has 0 aromatic carbocycles. The summed E-state index contributed by atoms with van der Waals surface area (Å²) in [5.41, 5.74) is 2.25. The SMILES string of the molecule is Cc1nn(Cc2cccs2)c(C)c1Br. The Morgan fingerprint density at radius 2 is 2.29 bits per heavy atom. The quantitative estimate of drug-likeness (QED) is 0.818. The molecule has 0 aliphatic rings. The van der Waals surface area contributed by atoms with Gasteiger partial charge in [0.05, 0.1) is 22.4 Å². The first-order valence-corrected chi connectivity index (χ1v) is 6.07. The molecule has 0 aliphatic heterocycles. The minimum Gasteiger partial charge on any atom is -0.263 e. The second-order valence-corrected chi connectivity index (χ2v) is 5.05. The van der Waals surface area contributed by atoms with Crippen LogP contribution in [0, 0.1) is 13.8 Å². The van der Waals surface area contributed by atoms with Crippen molar-refractivity contribution in [1.29, 1.82) is 0 Å². The third-order valence-corrected chi connectivity index (χ3v) is 4.19. The van der Waals surface area contributed by atoms with Crippen LogP contribution >= 0.6 is 27.3 Å². The number of aromatic nitrogens is 2. The fraction of sp³-hybridized carbons (Fsp3) is 0.300. The minimum atomic E-state index is 0.871. The first-order valence-electron chi connectivity index (χ1n) is 4.40. The summed E-state index contributed by atoms with van der Waals surface area (Å²) in [6.45, 7) is 4.97. The molecular formula is C10H11BrN2S. The van der Waals surface area contributed by atoms with Crippen LogP contribution in [0.4, 0.5) is 0 Å². The molecule has 0 N–H and O–H groups in total. The molecule has 0 atom stereocenters. The van der Waals surface area contributed by atoms with Crippen LogP contribution in [0.5, 0.6) is 0 Å². The molecule has 2 heterocycles. The summed E-state index contributed by atoms with van der Waals surface area (Å²) in [4.78, 5) is 1.34. The fourth-order valence-electron chi connectivity index (χ4n) is 1.38. The summed E-state index contributed by atoms with van der Waals surface area (Å²) >= 11 is 5.29. The zero-order valence-electron chi connectivity index (χ0n) is 8.12. The lowest BCUT2D eigenvalue weighted by molar-refractivity contribution is 0.665. The van der Waals surface area contributed by atoms with Crippen LogP contribution in [-0.4, -0.2) is 9.78 Å². The summed E-state index contributed by atoms with van der Waals surface area (Å²) in [6.07, 6.45) is 0. The highest BCUT2D eigenvalue weighted by atomic mass is 79.9. The maximum atomic E-state index is 4.46. The number of halogens is 1. The number of aryl methyl sites for hydroxylation is 1. The standard InChI is InChI=1S/C10H11BrN2S/c1-7-10(11)8(2)13(12-7)6-9-4-3-5-14-9/h3-5H,6H2,1-2H3. The van der Waals surface area contributed by atoms with Crippen molar-refractivity contribution in [3.05, 3.63) is 38.3 Å². The van der Waals surface area contributed by atoms with Crippen LogP contribution in [0.3, 0.4) is 0 Å². The summed E-state index contributed by atoms with van der Waals surface area (Å²) in [7, 11) is 0. The molecule has 2 aromatic heterocycles. The lowest BCUT2D eigenvalue weighted by Crippen LogP contribution is -2.02. The van der Waals surface area contributed by atoms with Gasteiger partial charge in [-0.25, -0.2) is 0 Å². The van der Waals surface area contributed by atoms with Crippen LogP contribution in [0.25, 0.3) is 0 Å². The van der Waals surface area contributed by atoms with E-state index in [0.29, 0.717) is 0 Å². The molecular weight excluding hydrogens is 260 g/mol. The fourth-order valence-corrected chi connectivity index (χ4v) is 2.35. The molecule has 0 saturated carbocycles. The number of hydrogen-bond donors (Lipinski definition) is 0. The zero-order valence-corrected chi connectivity index (χ0v) is 10.5. The average Bonchev–Trinajstić information content (AvgIpc) is 2.73. The van der Waals surface area contributed by atoms with Gasteiger partial charge in [-0.05, 0) is 41.2 Å². The maximum absolute atomic E-state index is 4.46. The van der Waals surface area contributed by atoms with Crippen molar-refractivity contribution in [3.8, 4) is 0 Å². The predicted octanol–water partition coefficient (Wildman–Crippen LogP) is 3.37. The number of hydrogen-bond acceptors (Lipinski definition) is 2. The van der Waals surface area contributed by atoms with Gasteiger partial charge >= 0.3 is 0 Å². The van der Waals surface area contributed by atoms with E-state index in [2.05, 4.69) is 45.5 Å². The van der Waals surface area contributed by atoms with Gasteiger partial charge in [0.1, 0.15) is 0 Å². The molecule has 2 nitrogen and oxygen atoms in total. The van der Waals surface area contributed by atoms with E-state index < -0.39 is 0 Å². The Labute approximate surface area is 95.7 Å². The molecule has 74 valence electrons. The summed E-state index contributed by atoms with van der Waals surface area (Å²) in [5, 5.41) is 6.55. The average molecular weight is 271 g/mol. The van der Waals surface area contributed by atoms with E-state index in [1.165, 1.54) is 10.6 Å². The lowest BCUT2D eigenvalue weighted by atomic mass is 10.4. The smallest absolute Gasteiger partial charge is 0.0755 e. The molecule has 14 heavy (non-hydrogen) atoms. The molecule has 2 rings (SSSR count). The van der Waals surface area contributed by atoms with E-state index in [1.807, 2.05) is 11.6 Å². The third kappa shape index (κ3) is 1.77. The van der Waals surface area contributed by atoms with E-state index in [9.17, 15) is 0 Å². The third-order valence-electron chi connectivity index (χ3n) is 2.18. The Kier molecular flexibility index (Phi) is 2.74. The van der Waals surface area contributed by atoms with Crippen molar-refractivity contribution in [1.82, 2.24) is 9.78 Å². The highest BCUT2D eigenvalue weighted by Crippen LogP contribution is 2.21. The van der Waals surface area contributed by atoms with E-state index in [1.54, 1.807) is 11.3 Å². The second-order valence-electron chi connectivity index (χ2n) is 3.22. The monoisotopic (exact) mass is 270 g/mol. The summed E-state index contributed by atoms with van der Waals surface area (Å²) < 4.78 is 3.15. The van der Waals surface area contributed by atoms with Crippen molar-refractivity contribution >= 4 is 27.3 Å². The van der Waals surface area contributed by atoms with Gasteiger partial charge in [-0.3, -0.25) is 4.68 Å². The van der Waals surface area contributed by atoms with Gasteiger partial charge in [0.15, 0.2) is 0 Å². The first-order chi connectivity index (χ1) is 6.68. The van der Waals surface area contributed by atoms with E-state index in [-0.39, 0.29) is 0 Å². The van der Waals surface area contributed by atoms with Crippen LogP contribution < -0.4 is 0 Å². The van der Waals surface area contributed by atoms with E-state index in [0.717, 1.165) is 16.7 Å². The van der Waals surface area contributed by atoms with Crippen molar-refractivity contribution < 1.29 is 0 Å². The van der Waals surface area contributed by atoms with Crippen molar-refractivity contribution in [2.24, 2.45) is 0 Å². The molecule has 0 amide bonds. The molecule has 4 heteroatoms. The van der Waals surface area contributed by atoms with Gasteiger partial charge in [0.25, 0.3) is 0 Å². The van der Waals surface area contributed by atoms with Gasteiger partial charge < -0.3 is 0 Å². The zero-order chi connectivity index (χ0) is 10.1. The minimum absolute atomic E-state index is 0.871. The Hall–Kier alpha value is -0.610. The maximum Gasteiger partial charge on any atom is 0.0755 e. The van der Waals surface area contributed by atoms with Crippen LogP contribution in [0.2, 0.25) is 0 Å². The molecule has 0 aliphatic carbocycles. The van der Waals surface area contributed by atoms with Gasteiger partial charge in [0, 0.05) is 4.88 Å². The summed E-state index contributed by atoms with van der Waals surface area (Å²) in [5.74, 6) is 0. The Bertz CT molecular complexity index is 431. The topological polar surface area (TPSA) is 17.8 Å². The number of rotatable bonds is 2. The molecule has 0 saturated heterocycles. The van der Waals surface area contributed by atoms with Gasteiger partial charge in [-0.2, -0.15) is 5.10 Å². The van der Waals surface area contributed by atoms with E-state index >= 15 is 0 Å². The largest absolute Gasteiger partial charge is 0.263 e. The van der Waals surface area contributed by atoms with Crippen LogP contribution in [0.1, 0.15) is 16.3 Å². The highest BCUT2D eigenvalue weighted by molar-refractivity contribution is 9.10. The van der Waals surface area contributed by atoms with Crippen LogP contribution in [0.15, 0.2) is 22.0 Å². The predicted molar refractivity (Wildman–Crippen MR) is 62.8 cm³/mol. The van der Waals surface area contributed by atoms with E-state index in [4.69, 9.17) is 0 Å². The van der Waals surface area contributed by atoms with Crippen LogP contribution in [-0.2, 0) is 6.54 Å². The molecule has 0 spiro atoms. The van der Waals surface area contributed by atoms with Crippen molar-refractivity contribution in [2.75, 3.05) is 0 Å². The number of nitrogens with zero attached hydrogens (tertiary/aromatic N) is 2. The van der Waals surface area contributed by atoms with Gasteiger partial charge in [-0.15, -0.1) is 11.3 Å². The normalized spacial score (nSPS) is 10.8. The molecule has 0 unspecified atom stereocenters. The van der Waals surface area contributed by atoms with Crippen molar-refractivity contribution in [2.45, 2.75) is 20.4 Å². The summed E-state index contributed by atoms with van der Waals surface area (Å²) in [6, 6.07) is 4.20. The van der Waals surface area contributed by atoms with Crippen molar-refractivity contribution in [3.63, 3.8) is 0 Å². The second kappa shape index (κ2) is 3.87. The molecule has 0 radical (unpaired) electrons. The molecule has 2 aromatic rings. The first kappa shape index (κ1) is 9.93. The van der Waals surface area contributed by atoms with Gasteiger partial charge in [-0.1, -0.05) is 6.07 Å². The Balaban J connectivity index is 2.30.